The quantitative estimate of drug-likeness (QED) is 0.679. The first kappa shape index (κ1) is 17.1. The first-order valence-corrected chi connectivity index (χ1v) is 8.35. The number of nitrogens with one attached hydrogen (secondary N) is 1. The topological polar surface area (TPSA) is 62.5 Å². The number of hydrogen-bond acceptors (Lipinski definition) is 4. The van der Waals surface area contributed by atoms with Crippen LogP contribution in [0.1, 0.15) is 37.5 Å². The molecule has 0 aliphatic heterocycles. The van der Waals surface area contributed by atoms with E-state index >= 15 is 0 Å². The summed E-state index contributed by atoms with van der Waals surface area (Å²) in [5.74, 6) is 0.124. The summed E-state index contributed by atoms with van der Waals surface area (Å²) in [6, 6.07) is 13.2. The predicted octanol–water partition coefficient (Wildman–Crippen LogP) is 4.72. The van der Waals surface area contributed by atoms with Gasteiger partial charge in [0.1, 0.15) is 11.3 Å². The number of hydrogen-bond donors (Lipinski definition) is 2. The van der Waals surface area contributed by atoms with Gasteiger partial charge in [-0.15, -0.1) is 0 Å². The van der Waals surface area contributed by atoms with Gasteiger partial charge in [-0.05, 0) is 47.7 Å². The Labute approximate surface area is 147 Å². The molecule has 3 aromatic rings. The van der Waals surface area contributed by atoms with Crippen LogP contribution in [-0.4, -0.2) is 5.11 Å². The molecule has 1 heterocycles. The molecule has 0 saturated carbocycles. The van der Waals surface area contributed by atoms with Gasteiger partial charge in [0, 0.05) is 29.2 Å². The van der Waals surface area contributed by atoms with E-state index < -0.39 is 5.63 Å². The summed E-state index contributed by atoms with van der Waals surface area (Å²) in [5, 5.41) is 14.0. The van der Waals surface area contributed by atoms with Crippen molar-refractivity contribution in [3.8, 4) is 5.75 Å². The normalized spacial score (nSPS) is 11.7. The van der Waals surface area contributed by atoms with Crippen LogP contribution >= 0.6 is 0 Å². The molecule has 2 N–H and O–H groups in total. The lowest BCUT2D eigenvalue weighted by Gasteiger charge is -2.19. The van der Waals surface area contributed by atoms with Crippen LogP contribution in [0.5, 0.6) is 5.75 Å². The summed E-state index contributed by atoms with van der Waals surface area (Å²) in [4.78, 5) is 11.9. The lowest BCUT2D eigenvalue weighted by molar-refractivity contribution is 0.468. The minimum absolute atomic E-state index is 0.118. The highest BCUT2D eigenvalue weighted by Gasteiger charge is 2.13. The summed E-state index contributed by atoms with van der Waals surface area (Å²) in [6.07, 6.45) is 0. The van der Waals surface area contributed by atoms with Crippen LogP contribution in [0.2, 0.25) is 0 Å². The molecule has 0 spiro atoms. The van der Waals surface area contributed by atoms with Gasteiger partial charge in [-0.25, -0.2) is 4.79 Å². The van der Waals surface area contributed by atoms with Crippen molar-refractivity contribution in [1.29, 1.82) is 0 Å². The zero-order valence-electron chi connectivity index (χ0n) is 15.0. The van der Waals surface area contributed by atoms with Crippen LogP contribution in [0.4, 0.5) is 5.69 Å². The largest absolute Gasteiger partial charge is 0.508 e. The van der Waals surface area contributed by atoms with Crippen molar-refractivity contribution in [2.75, 3.05) is 5.32 Å². The van der Waals surface area contributed by atoms with E-state index in [-0.39, 0.29) is 11.2 Å². The molecule has 0 fully saturated rings. The van der Waals surface area contributed by atoms with E-state index in [9.17, 15) is 9.90 Å². The number of aryl methyl sites for hydroxylation is 1. The van der Waals surface area contributed by atoms with E-state index in [1.54, 1.807) is 19.1 Å². The summed E-state index contributed by atoms with van der Waals surface area (Å²) in [6.45, 7) is 8.79. The van der Waals surface area contributed by atoms with Gasteiger partial charge in [0.05, 0.1) is 0 Å². The van der Waals surface area contributed by atoms with E-state index in [4.69, 9.17) is 4.42 Å². The van der Waals surface area contributed by atoms with Crippen LogP contribution in [-0.2, 0) is 12.0 Å². The Morgan fingerprint density at radius 3 is 2.40 bits per heavy atom. The standard InChI is InChI=1S/C21H23NO3/c1-13-18(23)10-9-17-14(11-19(24)25-20(13)17)12-22-16-7-5-15(6-8-16)21(2,3)4/h5-11,22-23H,12H2,1-4H3. The minimum Gasteiger partial charge on any atom is -0.508 e. The van der Waals surface area contributed by atoms with Gasteiger partial charge in [-0.2, -0.15) is 0 Å². The Morgan fingerprint density at radius 1 is 1.08 bits per heavy atom. The highest BCUT2D eigenvalue weighted by atomic mass is 16.4. The van der Waals surface area contributed by atoms with Gasteiger partial charge < -0.3 is 14.8 Å². The van der Waals surface area contributed by atoms with Gasteiger partial charge in [0.25, 0.3) is 0 Å². The van der Waals surface area contributed by atoms with Gasteiger partial charge >= 0.3 is 5.63 Å². The second kappa shape index (κ2) is 6.28. The number of phenols is 1. The number of rotatable bonds is 3. The Hall–Kier alpha value is -2.75. The van der Waals surface area contributed by atoms with Crippen LogP contribution < -0.4 is 10.9 Å². The van der Waals surface area contributed by atoms with Crippen LogP contribution in [0, 0.1) is 6.92 Å². The fourth-order valence-electron chi connectivity index (χ4n) is 2.85. The summed E-state index contributed by atoms with van der Waals surface area (Å²) in [7, 11) is 0. The first-order chi connectivity index (χ1) is 11.8. The molecular weight excluding hydrogens is 314 g/mol. The third kappa shape index (κ3) is 3.53. The van der Waals surface area contributed by atoms with Crippen LogP contribution in [0.15, 0.2) is 51.7 Å². The third-order valence-corrected chi connectivity index (χ3v) is 4.45. The molecule has 4 heteroatoms. The van der Waals surface area contributed by atoms with Crippen molar-refractivity contribution in [1.82, 2.24) is 0 Å². The van der Waals surface area contributed by atoms with Gasteiger partial charge in [0.2, 0.25) is 0 Å². The van der Waals surface area contributed by atoms with E-state index in [1.807, 2.05) is 12.1 Å². The molecule has 2 aromatic carbocycles. The molecule has 3 rings (SSSR count). The van der Waals surface area contributed by atoms with Crippen molar-refractivity contribution in [3.05, 3.63) is 69.6 Å². The maximum Gasteiger partial charge on any atom is 0.336 e. The Morgan fingerprint density at radius 2 is 1.76 bits per heavy atom. The lowest BCUT2D eigenvalue weighted by Crippen LogP contribution is -2.11. The molecule has 0 aliphatic rings. The average molecular weight is 337 g/mol. The molecule has 0 aliphatic carbocycles. The molecule has 0 atom stereocenters. The fourth-order valence-corrected chi connectivity index (χ4v) is 2.85. The van der Waals surface area contributed by atoms with E-state index in [0.29, 0.717) is 17.7 Å². The smallest absolute Gasteiger partial charge is 0.336 e. The zero-order valence-corrected chi connectivity index (χ0v) is 15.0. The van der Waals surface area contributed by atoms with E-state index in [2.05, 4.69) is 38.2 Å². The maximum atomic E-state index is 11.9. The Kier molecular flexibility index (Phi) is 4.29. The molecule has 0 amide bonds. The minimum atomic E-state index is -0.416. The van der Waals surface area contributed by atoms with Gasteiger partial charge in [-0.1, -0.05) is 32.9 Å². The lowest BCUT2D eigenvalue weighted by atomic mass is 9.87. The fraction of sp³-hybridized carbons (Fsp3) is 0.286. The van der Waals surface area contributed by atoms with Gasteiger partial charge in [-0.3, -0.25) is 0 Å². The molecule has 130 valence electrons. The molecule has 1 aromatic heterocycles. The third-order valence-electron chi connectivity index (χ3n) is 4.45. The average Bonchev–Trinajstić information content (AvgIpc) is 2.56. The second-order valence-electron chi connectivity index (χ2n) is 7.36. The molecule has 25 heavy (non-hydrogen) atoms. The van der Waals surface area contributed by atoms with Crippen molar-refractivity contribution in [3.63, 3.8) is 0 Å². The number of benzene rings is 2. The molecule has 0 unspecified atom stereocenters. The van der Waals surface area contributed by atoms with Gasteiger partial charge in [0.15, 0.2) is 0 Å². The number of fused-ring (bicyclic) bond motifs is 1. The first-order valence-electron chi connectivity index (χ1n) is 8.35. The highest BCUT2D eigenvalue weighted by Crippen LogP contribution is 2.28. The van der Waals surface area contributed by atoms with Crippen molar-refractivity contribution < 1.29 is 9.52 Å². The van der Waals surface area contributed by atoms with Crippen molar-refractivity contribution in [2.24, 2.45) is 0 Å². The number of aromatic hydroxyl groups is 1. The Bertz CT molecular complexity index is 963. The van der Waals surface area contributed by atoms with Crippen LogP contribution in [0.3, 0.4) is 0 Å². The van der Waals surface area contributed by atoms with E-state index in [1.165, 1.54) is 11.6 Å². The summed E-state index contributed by atoms with van der Waals surface area (Å²) >= 11 is 0. The monoisotopic (exact) mass is 337 g/mol. The Balaban J connectivity index is 1.89. The molecular formula is C21H23NO3. The van der Waals surface area contributed by atoms with Crippen molar-refractivity contribution in [2.45, 2.75) is 39.7 Å². The molecule has 0 saturated heterocycles. The second-order valence-corrected chi connectivity index (χ2v) is 7.36. The molecule has 0 radical (unpaired) electrons. The van der Waals surface area contributed by atoms with Crippen molar-refractivity contribution >= 4 is 16.7 Å². The SMILES string of the molecule is Cc1c(O)ccc2c(CNc3ccc(C(C)(C)C)cc3)cc(=O)oc12. The highest BCUT2D eigenvalue weighted by molar-refractivity contribution is 5.85. The van der Waals surface area contributed by atoms with Crippen LogP contribution in [0.25, 0.3) is 11.0 Å². The molecule has 4 nitrogen and oxygen atoms in total. The predicted molar refractivity (Wildman–Crippen MR) is 101 cm³/mol. The van der Waals surface area contributed by atoms with E-state index in [0.717, 1.165) is 16.6 Å². The molecule has 0 bridgehead atoms. The summed E-state index contributed by atoms with van der Waals surface area (Å²) in [5.41, 5.74) is 3.82. The zero-order chi connectivity index (χ0) is 18.2. The maximum absolute atomic E-state index is 11.9. The number of anilines is 1. The summed E-state index contributed by atoms with van der Waals surface area (Å²) < 4.78 is 5.28. The number of phenolic OH excluding ortho intramolecular Hbond substituents is 1.